The molecule has 0 fully saturated rings. The summed E-state index contributed by atoms with van der Waals surface area (Å²) in [5.41, 5.74) is 0.393. The minimum Gasteiger partial charge on any atom is -0.309 e. The third-order valence-electron chi connectivity index (χ3n) is 4.80. The van der Waals surface area contributed by atoms with E-state index in [0.717, 1.165) is 6.42 Å². The number of hydrogen-bond donors (Lipinski definition) is 0. The van der Waals surface area contributed by atoms with Gasteiger partial charge in [-0.3, -0.25) is 0 Å². The maximum Gasteiger partial charge on any atom is 0.0331 e. The molecule has 0 aromatic rings. The summed E-state index contributed by atoms with van der Waals surface area (Å²) in [5, 5.41) is 0.620. The normalized spacial score (nSPS) is 16.9. The summed E-state index contributed by atoms with van der Waals surface area (Å²) in [6, 6.07) is 0. The van der Waals surface area contributed by atoms with Gasteiger partial charge >= 0.3 is 0 Å². The maximum absolute atomic E-state index is 5.78. The van der Waals surface area contributed by atoms with Gasteiger partial charge < -0.3 is 4.90 Å². The summed E-state index contributed by atoms with van der Waals surface area (Å²) in [5.74, 6) is 1.36. The van der Waals surface area contributed by atoms with E-state index in [0.29, 0.717) is 22.3 Å². The molecule has 118 valence electrons. The van der Waals surface area contributed by atoms with E-state index < -0.39 is 0 Å². The average molecular weight is 300 g/mol. The van der Waals surface area contributed by atoms with Gasteiger partial charge in [-0.1, -0.05) is 58.4 Å². The minimum absolute atomic E-state index is 0.393. The van der Waals surface area contributed by atoms with Crippen LogP contribution in [0.1, 0.15) is 53.4 Å². The van der Waals surface area contributed by atoms with Crippen LogP contribution in [0.2, 0.25) is 0 Å². The Morgan fingerprint density at radius 3 is 2.30 bits per heavy atom. The van der Waals surface area contributed by atoms with Gasteiger partial charge in [-0.15, -0.1) is 0 Å². The summed E-state index contributed by atoms with van der Waals surface area (Å²) in [6.45, 7) is 14.4. The molecule has 0 amide bonds. The number of halogens is 1. The summed E-state index contributed by atoms with van der Waals surface area (Å²) >= 11 is 5.78. The van der Waals surface area contributed by atoms with Crippen LogP contribution in [0.15, 0.2) is 23.8 Å². The first kappa shape index (κ1) is 19.7. The highest BCUT2D eigenvalue weighted by Gasteiger charge is 2.32. The monoisotopic (exact) mass is 299 g/mol. The zero-order valence-electron chi connectivity index (χ0n) is 14.4. The molecule has 0 heterocycles. The number of unbranched alkanes of at least 4 members (excludes halogenated alkanes) is 1. The largest absolute Gasteiger partial charge is 0.309 e. The second-order valence-corrected chi connectivity index (χ2v) is 7.39. The molecule has 0 N–H and O–H groups in total. The Bertz CT molecular complexity index is 307. The van der Waals surface area contributed by atoms with E-state index in [1.807, 2.05) is 6.08 Å². The Kier molecular flexibility index (Phi) is 9.50. The van der Waals surface area contributed by atoms with Crippen molar-refractivity contribution >= 4 is 11.6 Å². The highest BCUT2D eigenvalue weighted by molar-refractivity contribution is 6.30. The fraction of sp³-hybridized carbons (Fsp3) is 0.778. The molecule has 0 aromatic carbocycles. The molecule has 0 spiro atoms. The van der Waals surface area contributed by atoms with E-state index in [1.54, 1.807) is 0 Å². The second kappa shape index (κ2) is 9.63. The lowest BCUT2D eigenvalue weighted by atomic mass is 9.66. The molecule has 1 unspecified atom stereocenters. The summed E-state index contributed by atoms with van der Waals surface area (Å²) in [6.07, 6.45) is 9.06. The zero-order valence-corrected chi connectivity index (χ0v) is 15.1. The highest BCUT2D eigenvalue weighted by Crippen LogP contribution is 2.42. The lowest BCUT2D eigenvalue weighted by Crippen LogP contribution is -2.31. The van der Waals surface area contributed by atoms with Crippen LogP contribution in [-0.4, -0.2) is 25.5 Å². The molecule has 2 heteroatoms. The molecule has 0 saturated carbocycles. The molecule has 0 radical (unpaired) electrons. The Hall–Kier alpha value is -0.270. The van der Waals surface area contributed by atoms with Gasteiger partial charge in [0.25, 0.3) is 0 Å². The van der Waals surface area contributed by atoms with Crippen molar-refractivity contribution < 1.29 is 0 Å². The van der Waals surface area contributed by atoms with Crippen molar-refractivity contribution in [3.05, 3.63) is 23.8 Å². The Morgan fingerprint density at radius 2 is 1.85 bits per heavy atom. The smallest absolute Gasteiger partial charge is 0.0331 e. The fourth-order valence-corrected chi connectivity index (χ4v) is 2.80. The summed E-state index contributed by atoms with van der Waals surface area (Å²) in [7, 11) is 4.29. The van der Waals surface area contributed by atoms with Crippen molar-refractivity contribution in [2.75, 3.05) is 20.6 Å². The van der Waals surface area contributed by atoms with Gasteiger partial charge in [-0.05, 0) is 63.2 Å². The summed E-state index contributed by atoms with van der Waals surface area (Å²) < 4.78 is 0. The Labute approximate surface area is 132 Å². The number of allylic oxidation sites excluding steroid dienone is 3. The topological polar surface area (TPSA) is 3.24 Å². The van der Waals surface area contributed by atoms with Gasteiger partial charge in [0.2, 0.25) is 0 Å². The van der Waals surface area contributed by atoms with Crippen LogP contribution >= 0.6 is 11.6 Å². The van der Waals surface area contributed by atoms with Gasteiger partial charge in [-0.2, -0.15) is 0 Å². The molecule has 0 rings (SSSR count). The van der Waals surface area contributed by atoms with Crippen LogP contribution in [0, 0.1) is 17.3 Å². The average Bonchev–Trinajstić information content (AvgIpc) is 2.33. The first-order valence-electron chi connectivity index (χ1n) is 7.85. The van der Waals surface area contributed by atoms with E-state index in [9.17, 15) is 0 Å². The quantitative estimate of drug-likeness (QED) is 0.368. The maximum atomic E-state index is 5.78. The number of nitrogens with zero attached hydrogens (tertiary/aromatic N) is 1. The fourth-order valence-electron chi connectivity index (χ4n) is 2.71. The lowest BCUT2D eigenvalue weighted by molar-refractivity contribution is 0.108. The second-order valence-electron chi connectivity index (χ2n) is 6.91. The van der Waals surface area contributed by atoms with Crippen molar-refractivity contribution in [2.45, 2.75) is 53.4 Å². The van der Waals surface area contributed by atoms with Gasteiger partial charge in [0.05, 0.1) is 0 Å². The SMILES string of the molecule is C=C(Cl)/C=C\C[C@H](C)C(C)(CCCCN(C)C)C(C)C. The molecule has 2 atom stereocenters. The van der Waals surface area contributed by atoms with Gasteiger partial charge in [0.15, 0.2) is 0 Å². The van der Waals surface area contributed by atoms with Gasteiger partial charge in [-0.25, -0.2) is 0 Å². The van der Waals surface area contributed by atoms with Crippen LogP contribution in [-0.2, 0) is 0 Å². The highest BCUT2D eigenvalue weighted by atomic mass is 35.5. The molecule has 1 nitrogen and oxygen atoms in total. The Balaban J connectivity index is 4.45. The molecule has 0 aliphatic heterocycles. The molecule has 0 aliphatic carbocycles. The van der Waals surface area contributed by atoms with Crippen molar-refractivity contribution in [1.29, 1.82) is 0 Å². The van der Waals surface area contributed by atoms with Crippen LogP contribution in [0.25, 0.3) is 0 Å². The predicted octanol–water partition coefficient (Wildman–Crippen LogP) is 5.72. The van der Waals surface area contributed by atoms with Crippen LogP contribution < -0.4 is 0 Å². The lowest BCUT2D eigenvalue weighted by Gasteiger charge is -2.40. The Morgan fingerprint density at radius 1 is 1.25 bits per heavy atom. The third-order valence-corrected chi connectivity index (χ3v) is 4.93. The third kappa shape index (κ3) is 7.50. The van der Waals surface area contributed by atoms with Crippen molar-refractivity contribution in [2.24, 2.45) is 17.3 Å². The standard InChI is InChI=1S/C18H34ClN/c1-15(2)18(5,13-8-9-14-20(6)7)16(3)11-10-12-17(4)19/h10,12,15-16H,4,8-9,11,13-14H2,1-3,5-7H3/b12-10-/t16-,18?/m0/s1. The van der Waals surface area contributed by atoms with Crippen molar-refractivity contribution in [3.63, 3.8) is 0 Å². The van der Waals surface area contributed by atoms with E-state index in [-0.39, 0.29) is 0 Å². The first-order valence-corrected chi connectivity index (χ1v) is 8.23. The van der Waals surface area contributed by atoms with Gasteiger partial charge in [0.1, 0.15) is 0 Å². The first-order chi connectivity index (χ1) is 9.20. The molecular formula is C18H34ClN. The van der Waals surface area contributed by atoms with E-state index >= 15 is 0 Å². The van der Waals surface area contributed by atoms with E-state index in [1.165, 1.54) is 25.8 Å². The molecule has 20 heavy (non-hydrogen) atoms. The van der Waals surface area contributed by atoms with Crippen molar-refractivity contribution in [3.8, 4) is 0 Å². The van der Waals surface area contributed by atoms with E-state index in [2.05, 4.69) is 59.3 Å². The van der Waals surface area contributed by atoms with Crippen LogP contribution in [0.5, 0.6) is 0 Å². The predicted molar refractivity (Wildman–Crippen MR) is 93.3 cm³/mol. The van der Waals surface area contributed by atoms with Crippen LogP contribution in [0.3, 0.4) is 0 Å². The van der Waals surface area contributed by atoms with Crippen LogP contribution in [0.4, 0.5) is 0 Å². The number of rotatable bonds is 10. The zero-order chi connectivity index (χ0) is 15.8. The molecule has 0 bridgehead atoms. The van der Waals surface area contributed by atoms with Gasteiger partial charge in [0, 0.05) is 5.03 Å². The molecular weight excluding hydrogens is 266 g/mol. The van der Waals surface area contributed by atoms with E-state index in [4.69, 9.17) is 11.6 Å². The summed E-state index contributed by atoms with van der Waals surface area (Å²) in [4.78, 5) is 2.27. The molecule has 0 saturated heterocycles. The molecule has 0 aromatic heterocycles. The minimum atomic E-state index is 0.393. The number of hydrogen-bond acceptors (Lipinski definition) is 1. The molecule has 0 aliphatic rings. The van der Waals surface area contributed by atoms with Crippen molar-refractivity contribution in [1.82, 2.24) is 4.90 Å².